The number of para-hydroxylation sites is 1. The number of benzene rings is 1. The SMILES string of the molecule is CCNC(=NCCCCN(C)c1ccccc1)N1CCS(=O)(=O)C(C)(C)C1.I. The average molecular weight is 522 g/mol. The lowest BCUT2D eigenvalue weighted by atomic mass is 10.2. The standard InChI is InChI=1S/C20H34N4O2S.HI/c1-5-21-19(24-15-16-27(25,26)20(2,3)17-24)22-13-9-10-14-23(4)18-11-7-6-8-12-18;/h6-8,11-12H,5,9-10,13-17H2,1-4H3,(H,21,22);1H. The highest BCUT2D eigenvalue weighted by atomic mass is 127. The van der Waals surface area contributed by atoms with Gasteiger partial charge in [-0.15, -0.1) is 24.0 Å². The smallest absolute Gasteiger partial charge is 0.193 e. The number of unbranched alkanes of at least 4 members (excludes halogenated alkanes) is 1. The van der Waals surface area contributed by atoms with E-state index in [1.54, 1.807) is 13.8 Å². The molecule has 0 aliphatic carbocycles. The molecule has 0 bridgehead atoms. The Bertz CT molecular complexity index is 723. The minimum atomic E-state index is -3.04. The molecule has 1 aromatic rings. The van der Waals surface area contributed by atoms with Crippen molar-refractivity contribution in [2.45, 2.75) is 38.4 Å². The van der Waals surface area contributed by atoms with Gasteiger partial charge in [-0.2, -0.15) is 0 Å². The number of hydrogen-bond acceptors (Lipinski definition) is 4. The van der Waals surface area contributed by atoms with Crippen LogP contribution in [0.3, 0.4) is 0 Å². The lowest BCUT2D eigenvalue weighted by Gasteiger charge is -2.39. The third-order valence-corrected chi connectivity index (χ3v) is 7.57. The van der Waals surface area contributed by atoms with Crippen LogP contribution in [-0.2, 0) is 9.84 Å². The zero-order valence-electron chi connectivity index (χ0n) is 17.5. The van der Waals surface area contributed by atoms with E-state index in [2.05, 4.69) is 46.4 Å². The highest BCUT2D eigenvalue weighted by Gasteiger charge is 2.40. The summed E-state index contributed by atoms with van der Waals surface area (Å²) in [5, 5.41) is 3.31. The van der Waals surface area contributed by atoms with Crippen molar-refractivity contribution >= 4 is 45.5 Å². The van der Waals surface area contributed by atoms with Gasteiger partial charge in [-0.05, 0) is 45.7 Å². The third-order valence-electron chi connectivity index (χ3n) is 5.04. The van der Waals surface area contributed by atoms with Crippen LogP contribution in [0.25, 0.3) is 0 Å². The molecule has 0 aromatic heterocycles. The Labute approximate surface area is 187 Å². The molecular weight excluding hydrogens is 487 g/mol. The van der Waals surface area contributed by atoms with Crippen molar-refractivity contribution in [1.29, 1.82) is 0 Å². The van der Waals surface area contributed by atoms with Crippen molar-refractivity contribution in [2.75, 3.05) is 50.4 Å². The molecule has 0 atom stereocenters. The van der Waals surface area contributed by atoms with Crippen LogP contribution < -0.4 is 10.2 Å². The van der Waals surface area contributed by atoms with Crippen LogP contribution in [0.15, 0.2) is 35.3 Å². The molecule has 1 aliphatic heterocycles. The van der Waals surface area contributed by atoms with E-state index in [0.29, 0.717) is 13.1 Å². The van der Waals surface area contributed by atoms with Crippen molar-refractivity contribution < 1.29 is 8.42 Å². The molecule has 1 heterocycles. The lowest BCUT2D eigenvalue weighted by molar-refractivity contribution is 0.353. The van der Waals surface area contributed by atoms with E-state index in [9.17, 15) is 8.42 Å². The molecule has 8 heteroatoms. The number of hydrogen-bond donors (Lipinski definition) is 1. The van der Waals surface area contributed by atoms with Gasteiger partial charge in [0.05, 0.1) is 10.5 Å². The van der Waals surface area contributed by atoms with Gasteiger partial charge in [0, 0.05) is 45.5 Å². The molecule has 0 radical (unpaired) electrons. The van der Waals surface area contributed by atoms with Crippen molar-refractivity contribution in [3.63, 3.8) is 0 Å². The summed E-state index contributed by atoms with van der Waals surface area (Å²) in [5.41, 5.74) is 1.23. The molecule has 1 N–H and O–H groups in total. The molecule has 1 fully saturated rings. The maximum absolute atomic E-state index is 12.2. The minimum Gasteiger partial charge on any atom is -0.375 e. The summed E-state index contributed by atoms with van der Waals surface area (Å²) in [7, 11) is -0.927. The fourth-order valence-corrected chi connectivity index (χ4v) is 4.57. The molecule has 1 aliphatic rings. The van der Waals surface area contributed by atoms with Crippen LogP contribution in [0, 0.1) is 0 Å². The fourth-order valence-electron chi connectivity index (χ4n) is 3.21. The molecule has 0 unspecified atom stereocenters. The Balaban J connectivity index is 0.00000392. The van der Waals surface area contributed by atoms with E-state index >= 15 is 0 Å². The molecule has 28 heavy (non-hydrogen) atoms. The highest BCUT2D eigenvalue weighted by molar-refractivity contribution is 14.0. The van der Waals surface area contributed by atoms with Gasteiger partial charge in [-0.3, -0.25) is 4.99 Å². The molecule has 2 rings (SSSR count). The molecule has 6 nitrogen and oxygen atoms in total. The first-order valence-electron chi connectivity index (χ1n) is 9.78. The van der Waals surface area contributed by atoms with E-state index in [0.717, 1.165) is 38.4 Å². The van der Waals surface area contributed by atoms with Gasteiger partial charge < -0.3 is 15.1 Å². The highest BCUT2D eigenvalue weighted by Crippen LogP contribution is 2.23. The number of anilines is 1. The van der Waals surface area contributed by atoms with Crippen molar-refractivity contribution in [2.24, 2.45) is 4.99 Å². The first kappa shape index (κ1) is 25.0. The number of nitrogens with zero attached hydrogens (tertiary/aromatic N) is 3. The predicted octanol–water partition coefficient (Wildman–Crippen LogP) is 3.00. The first-order chi connectivity index (χ1) is 12.8. The van der Waals surface area contributed by atoms with E-state index < -0.39 is 14.6 Å². The Morgan fingerprint density at radius 3 is 2.54 bits per heavy atom. The predicted molar refractivity (Wildman–Crippen MR) is 130 cm³/mol. The van der Waals surface area contributed by atoms with Crippen LogP contribution >= 0.6 is 24.0 Å². The van der Waals surface area contributed by atoms with Crippen molar-refractivity contribution in [3.05, 3.63) is 30.3 Å². The number of halogens is 1. The number of nitrogens with one attached hydrogen (secondary N) is 1. The Morgan fingerprint density at radius 2 is 1.93 bits per heavy atom. The van der Waals surface area contributed by atoms with Gasteiger partial charge >= 0.3 is 0 Å². The van der Waals surface area contributed by atoms with Crippen molar-refractivity contribution in [1.82, 2.24) is 10.2 Å². The average Bonchev–Trinajstić information content (AvgIpc) is 2.63. The molecule has 1 saturated heterocycles. The second kappa shape index (κ2) is 11.2. The summed E-state index contributed by atoms with van der Waals surface area (Å²) in [6.45, 7) is 9.15. The lowest BCUT2D eigenvalue weighted by Crippen LogP contribution is -2.57. The fraction of sp³-hybridized carbons (Fsp3) is 0.650. The molecule has 1 aromatic carbocycles. The van der Waals surface area contributed by atoms with Crippen LogP contribution in [-0.4, -0.2) is 69.5 Å². The summed E-state index contributed by atoms with van der Waals surface area (Å²) >= 11 is 0. The first-order valence-corrected chi connectivity index (χ1v) is 11.4. The van der Waals surface area contributed by atoms with E-state index in [4.69, 9.17) is 4.99 Å². The maximum atomic E-state index is 12.2. The Hall–Kier alpha value is -1.03. The minimum absolute atomic E-state index is 0. The van der Waals surface area contributed by atoms with Gasteiger partial charge in [0.2, 0.25) is 0 Å². The van der Waals surface area contributed by atoms with Gasteiger partial charge in [0.1, 0.15) is 0 Å². The van der Waals surface area contributed by atoms with Crippen LogP contribution in [0.4, 0.5) is 5.69 Å². The van der Waals surface area contributed by atoms with Crippen LogP contribution in [0.5, 0.6) is 0 Å². The maximum Gasteiger partial charge on any atom is 0.193 e. The van der Waals surface area contributed by atoms with Gasteiger partial charge in [-0.25, -0.2) is 8.42 Å². The largest absolute Gasteiger partial charge is 0.375 e. The molecule has 0 spiro atoms. The van der Waals surface area contributed by atoms with Crippen molar-refractivity contribution in [3.8, 4) is 0 Å². The number of guanidine groups is 1. The number of sulfone groups is 1. The van der Waals surface area contributed by atoms with E-state index in [1.807, 2.05) is 13.0 Å². The summed E-state index contributed by atoms with van der Waals surface area (Å²) in [5.74, 6) is 1.02. The normalized spacial score (nSPS) is 18.3. The second-order valence-electron chi connectivity index (χ2n) is 7.70. The second-order valence-corrected chi connectivity index (χ2v) is 10.4. The van der Waals surface area contributed by atoms with Crippen LogP contribution in [0.2, 0.25) is 0 Å². The zero-order chi connectivity index (χ0) is 19.9. The van der Waals surface area contributed by atoms with Gasteiger partial charge in [0.25, 0.3) is 0 Å². The topological polar surface area (TPSA) is 65.0 Å². The monoisotopic (exact) mass is 522 g/mol. The number of aliphatic imine (C=N–C) groups is 1. The zero-order valence-corrected chi connectivity index (χ0v) is 20.7. The summed E-state index contributed by atoms with van der Waals surface area (Å²) < 4.78 is 23.7. The molecule has 0 amide bonds. The van der Waals surface area contributed by atoms with Gasteiger partial charge in [-0.1, -0.05) is 18.2 Å². The summed E-state index contributed by atoms with van der Waals surface area (Å²) in [6, 6.07) is 10.4. The summed E-state index contributed by atoms with van der Waals surface area (Å²) in [4.78, 5) is 9.08. The van der Waals surface area contributed by atoms with E-state index in [1.165, 1.54) is 5.69 Å². The quantitative estimate of drug-likeness (QED) is 0.258. The molecule has 0 saturated carbocycles. The number of rotatable bonds is 7. The van der Waals surface area contributed by atoms with E-state index in [-0.39, 0.29) is 29.7 Å². The Morgan fingerprint density at radius 1 is 1.25 bits per heavy atom. The van der Waals surface area contributed by atoms with Gasteiger partial charge in [0.15, 0.2) is 15.8 Å². The molecular formula is C20H35IN4O2S. The summed E-state index contributed by atoms with van der Waals surface area (Å²) in [6.07, 6.45) is 2.07. The molecule has 160 valence electrons. The third kappa shape index (κ3) is 6.79. The Kier molecular flexibility index (Phi) is 10.0. The van der Waals surface area contributed by atoms with Crippen LogP contribution in [0.1, 0.15) is 33.6 Å².